The third-order valence-corrected chi connectivity index (χ3v) is 3.22. The molecule has 1 saturated heterocycles. The number of piperidine rings is 1. The van der Waals surface area contributed by atoms with Crippen molar-refractivity contribution in [1.82, 2.24) is 4.90 Å². The second-order valence-corrected chi connectivity index (χ2v) is 5.09. The zero-order valence-electron chi connectivity index (χ0n) is 10.8. The molecule has 1 aromatic rings. The molecule has 3 heteroatoms. The topological polar surface area (TPSA) is 46.3 Å². The fourth-order valence-electron chi connectivity index (χ4n) is 2.42. The fourth-order valence-corrected chi connectivity index (χ4v) is 2.42. The highest BCUT2D eigenvalue weighted by molar-refractivity contribution is 5.91. The quantitative estimate of drug-likeness (QED) is 0.808. The lowest BCUT2D eigenvalue weighted by molar-refractivity contribution is -0.127. The van der Waals surface area contributed by atoms with Crippen molar-refractivity contribution in [2.24, 2.45) is 11.7 Å². The average Bonchev–Trinajstić information content (AvgIpc) is 2.36. The van der Waals surface area contributed by atoms with Crippen molar-refractivity contribution in [2.45, 2.75) is 19.4 Å². The Hall–Kier alpha value is -1.61. The number of carbonyl (C=O) groups excluding carboxylic acids is 1. The van der Waals surface area contributed by atoms with E-state index in [0.29, 0.717) is 12.5 Å². The number of nitrogens with two attached hydrogens (primary N) is 1. The van der Waals surface area contributed by atoms with Gasteiger partial charge in [0.05, 0.1) is 0 Å². The van der Waals surface area contributed by atoms with Crippen molar-refractivity contribution in [2.75, 3.05) is 13.1 Å². The fraction of sp³-hybridized carbons (Fsp3) is 0.400. The highest BCUT2D eigenvalue weighted by Crippen LogP contribution is 2.15. The van der Waals surface area contributed by atoms with Crippen LogP contribution in [0.3, 0.4) is 0 Å². The molecule has 1 aliphatic rings. The second kappa shape index (κ2) is 5.83. The number of likely N-dealkylation sites (tertiary alicyclic amines) is 1. The summed E-state index contributed by atoms with van der Waals surface area (Å²) in [5.41, 5.74) is 6.98. The smallest absolute Gasteiger partial charge is 0.246 e. The van der Waals surface area contributed by atoms with Gasteiger partial charge in [0.1, 0.15) is 0 Å². The first kappa shape index (κ1) is 12.8. The van der Waals surface area contributed by atoms with Gasteiger partial charge in [-0.1, -0.05) is 37.3 Å². The van der Waals surface area contributed by atoms with Crippen LogP contribution in [0.5, 0.6) is 0 Å². The first-order valence-electron chi connectivity index (χ1n) is 6.43. The third kappa shape index (κ3) is 3.44. The van der Waals surface area contributed by atoms with Crippen molar-refractivity contribution in [3.05, 3.63) is 42.0 Å². The van der Waals surface area contributed by atoms with Crippen LogP contribution in [-0.4, -0.2) is 29.9 Å². The Morgan fingerprint density at radius 1 is 1.33 bits per heavy atom. The predicted octanol–water partition coefficient (Wildman–Crippen LogP) is 1.90. The van der Waals surface area contributed by atoms with Crippen LogP contribution in [0.2, 0.25) is 0 Å². The lowest BCUT2D eigenvalue weighted by Crippen LogP contribution is -2.48. The average molecular weight is 244 g/mol. The van der Waals surface area contributed by atoms with E-state index in [0.717, 1.165) is 18.5 Å². The van der Waals surface area contributed by atoms with E-state index < -0.39 is 0 Å². The Morgan fingerprint density at radius 3 is 2.72 bits per heavy atom. The van der Waals surface area contributed by atoms with Gasteiger partial charge in [-0.05, 0) is 24.0 Å². The Balaban J connectivity index is 1.97. The van der Waals surface area contributed by atoms with E-state index >= 15 is 0 Å². The predicted molar refractivity (Wildman–Crippen MR) is 73.8 cm³/mol. The SMILES string of the molecule is CC1CC(N)CN(C(=O)C=Cc2ccccc2)C1. The molecule has 0 aliphatic carbocycles. The Labute approximate surface area is 108 Å². The summed E-state index contributed by atoms with van der Waals surface area (Å²) in [4.78, 5) is 13.9. The number of benzene rings is 1. The highest BCUT2D eigenvalue weighted by Gasteiger charge is 2.24. The lowest BCUT2D eigenvalue weighted by atomic mass is 9.96. The van der Waals surface area contributed by atoms with Gasteiger partial charge in [-0.25, -0.2) is 0 Å². The third-order valence-electron chi connectivity index (χ3n) is 3.22. The van der Waals surface area contributed by atoms with Gasteiger partial charge in [-0.3, -0.25) is 4.79 Å². The molecule has 1 amide bonds. The molecule has 0 spiro atoms. The molecular weight excluding hydrogens is 224 g/mol. The maximum absolute atomic E-state index is 12.0. The van der Waals surface area contributed by atoms with E-state index in [1.54, 1.807) is 6.08 Å². The van der Waals surface area contributed by atoms with Crippen molar-refractivity contribution >= 4 is 12.0 Å². The number of hydrogen-bond donors (Lipinski definition) is 1. The van der Waals surface area contributed by atoms with Crippen LogP contribution in [0.15, 0.2) is 36.4 Å². The van der Waals surface area contributed by atoms with Gasteiger partial charge < -0.3 is 10.6 Å². The molecule has 0 saturated carbocycles. The summed E-state index contributed by atoms with van der Waals surface area (Å²) in [5.74, 6) is 0.545. The van der Waals surface area contributed by atoms with Crippen molar-refractivity contribution in [3.63, 3.8) is 0 Å². The zero-order chi connectivity index (χ0) is 13.0. The van der Waals surface area contributed by atoms with E-state index in [2.05, 4.69) is 6.92 Å². The van der Waals surface area contributed by atoms with E-state index in [9.17, 15) is 4.79 Å². The number of carbonyl (C=O) groups is 1. The molecule has 2 unspecified atom stereocenters. The minimum atomic E-state index is 0.0563. The number of hydrogen-bond acceptors (Lipinski definition) is 2. The number of rotatable bonds is 2. The molecule has 2 atom stereocenters. The van der Waals surface area contributed by atoms with Crippen LogP contribution in [0, 0.1) is 5.92 Å². The molecular formula is C15H20N2O. The van der Waals surface area contributed by atoms with Crippen LogP contribution >= 0.6 is 0 Å². The molecule has 18 heavy (non-hydrogen) atoms. The van der Waals surface area contributed by atoms with Crippen LogP contribution in [-0.2, 0) is 4.79 Å². The van der Waals surface area contributed by atoms with Gasteiger partial charge in [0, 0.05) is 25.2 Å². The Kier molecular flexibility index (Phi) is 4.15. The van der Waals surface area contributed by atoms with Crippen LogP contribution in [0.25, 0.3) is 6.08 Å². The monoisotopic (exact) mass is 244 g/mol. The van der Waals surface area contributed by atoms with Gasteiger partial charge in [0.25, 0.3) is 0 Å². The molecule has 96 valence electrons. The van der Waals surface area contributed by atoms with Crippen LogP contribution in [0.4, 0.5) is 0 Å². The highest BCUT2D eigenvalue weighted by atomic mass is 16.2. The maximum atomic E-state index is 12.0. The first-order valence-corrected chi connectivity index (χ1v) is 6.43. The molecule has 2 N–H and O–H groups in total. The molecule has 1 aliphatic heterocycles. The summed E-state index contributed by atoms with van der Waals surface area (Å²) in [6, 6.07) is 9.96. The molecule has 0 radical (unpaired) electrons. The van der Waals surface area contributed by atoms with Gasteiger partial charge in [0.15, 0.2) is 0 Å². The summed E-state index contributed by atoms with van der Waals surface area (Å²) in [5, 5.41) is 0. The van der Waals surface area contributed by atoms with Crippen LogP contribution in [0.1, 0.15) is 18.9 Å². The summed E-state index contributed by atoms with van der Waals surface area (Å²) in [6.07, 6.45) is 4.50. The van der Waals surface area contributed by atoms with E-state index in [1.165, 1.54) is 0 Å². The molecule has 2 rings (SSSR count). The minimum Gasteiger partial charge on any atom is -0.337 e. The van der Waals surface area contributed by atoms with Gasteiger partial charge >= 0.3 is 0 Å². The normalized spacial score (nSPS) is 24.4. The molecule has 1 fully saturated rings. The van der Waals surface area contributed by atoms with Gasteiger partial charge in [-0.15, -0.1) is 0 Å². The first-order chi connectivity index (χ1) is 8.65. The van der Waals surface area contributed by atoms with Crippen molar-refractivity contribution in [1.29, 1.82) is 0 Å². The zero-order valence-corrected chi connectivity index (χ0v) is 10.8. The van der Waals surface area contributed by atoms with Crippen molar-refractivity contribution in [3.8, 4) is 0 Å². The molecule has 1 aromatic carbocycles. The van der Waals surface area contributed by atoms with Gasteiger partial charge in [-0.2, -0.15) is 0 Å². The van der Waals surface area contributed by atoms with Gasteiger partial charge in [0.2, 0.25) is 5.91 Å². The Bertz CT molecular complexity index is 417. The summed E-state index contributed by atoms with van der Waals surface area (Å²) < 4.78 is 0. The van der Waals surface area contributed by atoms with Crippen LogP contribution < -0.4 is 5.73 Å². The van der Waals surface area contributed by atoms with Crippen molar-refractivity contribution < 1.29 is 4.79 Å². The molecule has 0 aromatic heterocycles. The largest absolute Gasteiger partial charge is 0.337 e. The number of nitrogens with zero attached hydrogens (tertiary/aromatic N) is 1. The summed E-state index contributed by atoms with van der Waals surface area (Å²) in [6.45, 7) is 3.62. The van der Waals surface area contributed by atoms with E-state index in [1.807, 2.05) is 41.3 Å². The lowest BCUT2D eigenvalue weighted by Gasteiger charge is -2.34. The maximum Gasteiger partial charge on any atom is 0.246 e. The Morgan fingerprint density at radius 2 is 2.06 bits per heavy atom. The number of amides is 1. The molecule has 1 heterocycles. The van der Waals surface area contributed by atoms with E-state index in [-0.39, 0.29) is 11.9 Å². The molecule has 3 nitrogen and oxygen atoms in total. The van der Waals surface area contributed by atoms with E-state index in [4.69, 9.17) is 5.73 Å². The second-order valence-electron chi connectivity index (χ2n) is 5.09. The minimum absolute atomic E-state index is 0.0563. The standard InChI is InChI=1S/C15H20N2O/c1-12-9-14(16)11-17(10-12)15(18)8-7-13-5-3-2-4-6-13/h2-8,12,14H,9-11,16H2,1H3. The summed E-state index contributed by atoms with van der Waals surface area (Å²) >= 11 is 0. The molecule has 0 bridgehead atoms. The summed E-state index contributed by atoms with van der Waals surface area (Å²) in [7, 11) is 0.